The lowest BCUT2D eigenvalue weighted by atomic mass is 10.1. The highest BCUT2D eigenvalue weighted by Crippen LogP contribution is 2.25. The standard InChI is InChI=1S/C14H20N2O3S/c1-8-5-12(20-9(8)2)7-15-14(19)16-11-4-3-10(6-11)13(17)18/h5,10-11H,3-4,6-7H2,1-2H3,(H,17,18)(H2,15,16,19). The van der Waals surface area contributed by atoms with Crippen molar-refractivity contribution in [3.63, 3.8) is 0 Å². The Morgan fingerprint density at radius 3 is 2.70 bits per heavy atom. The molecule has 1 heterocycles. The molecule has 1 fully saturated rings. The first-order chi connectivity index (χ1) is 9.45. The highest BCUT2D eigenvalue weighted by Gasteiger charge is 2.30. The number of carbonyl (C=O) groups excluding carboxylic acids is 1. The molecule has 2 atom stereocenters. The molecule has 0 saturated heterocycles. The van der Waals surface area contributed by atoms with E-state index in [0.29, 0.717) is 19.4 Å². The average Bonchev–Trinajstić information content (AvgIpc) is 2.95. The van der Waals surface area contributed by atoms with Crippen LogP contribution >= 0.6 is 11.3 Å². The fraction of sp³-hybridized carbons (Fsp3) is 0.571. The number of carboxylic acids is 1. The van der Waals surface area contributed by atoms with Crippen molar-refractivity contribution in [3.8, 4) is 0 Å². The summed E-state index contributed by atoms with van der Waals surface area (Å²) in [6, 6.07) is 1.84. The highest BCUT2D eigenvalue weighted by atomic mass is 32.1. The van der Waals surface area contributed by atoms with E-state index in [1.165, 1.54) is 10.4 Å². The Morgan fingerprint density at radius 2 is 2.15 bits per heavy atom. The summed E-state index contributed by atoms with van der Waals surface area (Å²) in [7, 11) is 0. The molecule has 5 nitrogen and oxygen atoms in total. The van der Waals surface area contributed by atoms with Gasteiger partial charge in [0, 0.05) is 15.8 Å². The predicted octanol–water partition coefficient (Wildman–Crippen LogP) is 2.42. The molecule has 0 aliphatic heterocycles. The summed E-state index contributed by atoms with van der Waals surface area (Å²) in [6.07, 6.45) is 1.91. The lowest BCUT2D eigenvalue weighted by Gasteiger charge is -2.13. The number of carbonyl (C=O) groups is 2. The van der Waals surface area contributed by atoms with Crippen molar-refractivity contribution >= 4 is 23.3 Å². The molecular weight excluding hydrogens is 276 g/mol. The van der Waals surface area contributed by atoms with Crippen molar-refractivity contribution in [2.75, 3.05) is 0 Å². The van der Waals surface area contributed by atoms with Crippen LogP contribution in [0.15, 0.2) is 6.07 Å². The monoisotopic (exact) mass is 296 g/mol. The molecule has 3 N–H and O–H groups in total. The van der Waals surface area contributed by atoms with E-state index in [2.05, 4.69) is 30.5 Å². The second-order valence-electron chi connectivity index (χ2n) is 5.32. The number of hydrogen-bond acceptors (Lipinski definition) is 3. The van der Waals surface area contributed by atoms with Gasteiger partial charge in [-0.1, -0.05) is 0 Å². The van der Waals surface area contributed by atoms with Crippen LogP contribution in [0.2, 0.25) is 0 Å². The van der Waals surface area contributed by atoms with Crippen LogP contribution in [-0.2, 0) is 11.3 Å². The summed E-state index contributed by atoms with van der Waals surface area (Å²) in [5.41, 5.74) is 1.24. The van der Waals surface area contributed by atoms with Gasteiger partial charge in [0.2, 0.25) is 0 Å². The van der Waals surface area contributed by atoms with Crippen LogP contribution in [0, 0.1) is 19.8 Å². The molecule has 2 rings (SSSR count). The van der Waals surface area contributed by atoms with E-state index in [9.17, 15) is 9.59 Å². The van der Waals surface area contributed by atoms with Gasteiger partial charge in [-0.15, -0.1) is 11.3 Å². The maximum atomic E-state index is 11.8. The van der Waals surface area contributed by atoms with Crippen LogP contribution in [0.3, 0.4) is 0 Å². The Kier molecular flexibility index (Phi) is 4.65. The van der Waals surface area contributed by atoms with E-state index in [1.54, 1.807) is 11.3 Å². The summed E-state index contributed by atoms with van der Waals surface area (Å²) in [4.78, 5) is 25.0. The normalized spacial score (nSPS) is 21.7. The zero-order chi connectivity index (χ0) is 14.7. The molecule has 1 saturated carbocycles. The molecule has 1 aromatic heterocycles. The fourth-order valence-electron chi connectivity index (χ4n) is 2.48. The number of urea groups is 1. The maximum absolute atomic E-state index is 11.8. The summed E-state index contributed by atoms with van der Waals surface area (Å²) < 4.78 is 0. The van der Waals surface area contributed by atoms with Gasteiger partial charge in [-0.2, -0.15) is 0 Å². The number of amides is 2. The van der Waals surface area contributed by atoms with Gasteiger partial charge in [-0.3, -0.25) is 4.79 Å². The van der Waals surface area contributed by atoms with Crippen molar-refractivity contribution < 1.29 is 14.7 Å². The Bertz CT molecular complexity index is 493. The number of aryl methyl sites for hydroxylation is 2. The van der Waals surface area contributed by atoms with Crippen molar-refractivity contribution in [2.24, 2.45) is 5.92 Å². The molecule has 110 valence electrons. The van der Waals surface area contributed by atoms with E-state index in [4.69, 9.17) is 5.11 Å². The highest BCUT2D eigenvalue weighted by molar-refractivity contribution is 7.12. The van der Waals surface area contributed by atoms with Crippen molar-refractivity contribution in [1.82, 2.24) is 10.6 Å². The van der Waals surface area contributed by atoms with Crippen LogP contribution in [0.25, 0.3) is 0 Å². The number of carboxylic acid groups (broad SMARTS) is 1. The number of hydrogen-bond donors (Lipinski definition) is 3. The largest absolute Gasteiger partial charge is 0.481 e. The molecule has 0 bridgehead atoms. The predicted molar refractivity (Wildman–Crippen MR) is 77.9 cm³/mol. The fourth-order valence-corrected chi connectivity index (χ4v) is 3.47. The molecule has 2 unspecified atom stereocenters. The zero-order valence-electron chi connectivity index (χ0n) is 11.7. The van der Waals surface area contributed by atoms with Crippen molar-refractivity contribution in [1.29, 1.82) is 0 Å². The third kappa shape index (κ3) is 3.72. The number of nitrogens with one attached hydrogen (secondary N) is 2. The minimum absolute atomic E-state index is 0.0251. The summed E-state index contributed by atoms with van der Waals surface area (Å²) in [5, 5.41) is 14.6. The van der Waals surface area contributed by atoms with E-state index in [-0.39, 0.29) is 18.0 Å². The summed E-state index contributed by atoms with van der Waals surface area (Å²) >= 11 is 1.68. The Hall–Kier alpha value is -1.56. The quantitative estimate of drug-likeness (QED) is 0.798. The molecule has 2 amide bonds. The number of rotatable bonds is 4. The van der Waals surface area contributed by atoms with Crippen molar-refractivity contribution in [2.45, 2.75) is 45.7 Å². The molecule has 20 heavy (non-hydrogen) atoms. The van der Waals surface area contributed by atoms with Gasteiger partial charge >= 0.3 is 12.0 Å². The van der Waals surface area contributed by atoms with Gasteiger partial charge < -0.3 is 15.7 Å². The first kappa shape index (κ1) is 14.8. The minimum Gasteiger partial charge on any atom is -0.481 e. The Labute approximate surface area is 122 Å². The van der Waals surface area contributed by atoms with E-state index in [0.717, 1.165) is 11.3 Å². The van der Waals surface area contributed by atoms with Crippen molar-refractivity contribution in [3.05, 3.63) is 21.4 Å². The first-order valence-electron chi connectivity index (χ1n) is 6.78. The molecule has 1 aliphatic carbocycles. The topological polar surface area (TPSA) is 78.4 Å². The molecule has 6 heteroatoms. The average molecular weight is 296 g/mol. The minimum atomic E-state index is -0.765. The lowest BCUT2D eigenvalue weighted by molar-refractivity contribution is -0.141. The van der Waals surface area contributed by atoms with Gasteiger partial charge in [0.15, 0.2) is 0 Å². The van der Waals surface area contributed by atoms with Gasteiger partial charge in [0.25, 0.3) is 0 Å². The second kappa shape index (κ2) is 6.26. The number of thiophene rings is 1. The van der Waals surface area contributed by atoms with E-state index in [1.807, 2.05) is 0 Å². The molecule has 0 aromatic carbocycles. The smallest absolute Gasteiger partial charge is 0.315 e. The maximum Gasteiger partial charge on any atom is 0.315 e. The van der Waals surface area contributed by atoms with Crippen LogP contribution in [-0.4, -0.2) is 23.1 Å². The molecule has 0 radical (unpaired) electrons. The summed E-state index contributed by atoms with van der Waals surface area (Å²) in [6.45, 7) is 4.63. The lowest BCUT2D eigenvalue weighted by Crippen LogP contribution is -2.40. The SMILES string of the molecule is Cc1cc(CNC(=O)NC2CCC(C(=O)O)C2)sc1C. The molecule has 0 spiro atoms. The van der Waals surface area contributed by atoms with E-state index < -0.39 is 5.97 Å². The van der Waals surface area contributed by atoms with Crippen LogP contribution < -0.4 is 10.6 Å². The molecular formula is C14H20N2O3S. The first-order valence-corrected chi connectivity index (χ1v) is 7.60. The van der Waals surface area contributed by atoms with Gasteiger partial charge in [0.1, 0.15) is 0 Å². The third-order valence-corrected chi connectivity index (χ3v) is 4.91. The van der Waals surface area contributed by atoms with Gasteiger partial charge in [0.05, 0.1) is 12.5 Å². The van der Waals surface area contributed by atoms with Crippen LogP contribution in [0.1, 0.15) is 34.6 Å². The van der Waals surface area contributed by atoms with Gasteiger partial charge in [-0.25, -0.2) is 4.79 Å². The Morgan fingerprint density at radius 1 is 1.40 bits per heavy atom. The third-order valence-electron chi connectivity index (χ3n) is 3.76. The van der Waals surface area contributed by atoms with E-state index >= 15 is 0 Å². The molecule has 1 aliphatic rings. The second-order valence-corrected chi connectivity index (χ2v) is 6.66. The number of aliphatic carboxylic acids is 1. The Balaban J connectivity index is 1.75. The zero-order valence-corrected chi connectivity index (χ0v) is 12.5. The molecule has 1 aromatic rings. The van der Waals surface area contributed by atoms with Crippen LogP contribution in [0.5, 0.6) is 0 Å². The summed E-state index contributed by atoms with van der Waals surface area (Å²) in [5.74, 6) is -1.08. The van der Waals surface area contributed by atoms with Gasteiger partial charge in [-0.05, 0) is 44.7 Å². The van der Waals surface area contributed by atoms with Crippen LogP contribution in [0.4, 0.5) is 4.79 Å².